The molecule has 3 atom stereocenters. The van der Waals surface area contributed by atoms with E-state index < -0.39 is 31.0 Å². The standard InChI is InChI=1S/C7H7F7O/c1-2-15-6(12)7(13,14)4(9)3(8)5(10)11/h2-6H,1H2. The first-order valence-corrected chi connectivity index (χ1v) is 3.59. The minimum atomic E-state index is -5.01. The topological polar surface area (TPSA) is 9.23 Å². The molecule has 0 rings (SSSR count). The van der Waals surface area contributed by atoms with E-state index >= 15 is 0 Å². The molecule has 0 bridgehead atoms. The summed E-state index contributed by atoms with van der Waals surface area (Å²) < 4.78 is 88.5. The van der Waals surface area contributed by atoms with Crippen molar-refractivity contribution in [1.82, 2.24) is 0 Å². The Morgan fingerprint density at radius 2 is 1.53 bits per heavy atom. The molecule has 0 saturated heterocycles. The average Bonchev–Trinajstić information content (AvgIpc) is 2.15. The highest BCUT2D eigenvalue weighted by Crippen LogP contribution is 2.33. The van der Waals surface area contributed by atoms with Gasteiger partial charge in [-0.15, -0.1) is 0 Å². The summed E-state index contributed by atoms with van der Waals surface area (Å²) in [7, 11) is 0. The van der Waals surface area contributed by atoms with Gasteiger partial charge in [0.15, 0.2) is 6.17 Å². The lowest BCUT2D eigenvalue weighted by Gasteiger charge is -2.24. The third kappa shape index (κ3) is 3.28. The molecule has 1 nitrogen and oxygen atoms in total. The normalized spacial score (nSPS) is 18.4. The second kappa shape index (κ2) is 5.22. The van der Waals surface area contributed by atoms with Crippen LogP contribution in [-0.4, -0.2) is 31.0 Å². The first kappa shape index (κ1) is 14.0. The summed E-state index contributed by atoms with van der Waals surface area (Å²) >= 11 is 0. The number of ether oxygens (including phenoxy) is 1. The van der Waals surface area contributed by atoms with E-state index in [4.69, 9.17) is 0 Å². The minimum Gasteiger partial charge on any atom is -0.463 e. The zero-order valence-corrected chi connectivity index (χ0v) is 7.15. The fourth-order valence-corrected chi connectivity index (χ4v) is 0.640. The van der Waals surface area contributed by atoms with Crippen LogP contribution in [-0.2, 0) is 4.74 Å². The quantitative estimate of drug-likeness (QED) is 0.512. The lowest BCUT2D eigenvalue weighted by Crippen LogP contribution is -2.47. The smallest absolute Gasteiger partial charge is 0.346 e. The van der Waals surface area contributed by atoms with E-state index in [1.54, 1.807) is 0 Å². The lowest BCUT2D eigenvalue weighted by molar-refractivity contribution is -0.224. The van der Waals surface area contributed by atoms with Gasteiger partial charge in [-0.2, -0.15) is 13.2 Å². The van der Waals surface area contributed by atoms with Gasteiger partial charge in [0.2, 0.25) is 6.17 Å². The highest BCUT2D eigenvalue weighted by Gasteiger charge is 2.56. The third-order valence-electron chi connectivity index (χ3n) is 1.41. The zero-order chi connectivity index (χ0) is 12.2. The van der Waals surface area contributed by atoms with Crippen molar-refractivity contribution in [2.24, 2.45) is 0 Å². The molecule has 0 N–H and O–H groups in total. The van der Waals surface area contributed by atoms with Crippen molar-refractivity contribution in [3.05, 3.63) is 12.8 Å². The molecule has 0 radical (unpaired) electrons. The third-order valence-corrected chi connectivity index (χ3v) is 1.41. The maximum Gasteiger partial charge on any atom is 0.346 e. The molecule has 0 amide bonds. The Balaban J connectivity index is 4.62. The Bertz CT molecular complexity index is 208. The molecular weight excluding hydrogens is 233 g/mol. The van der Waals surface area contributed by atoms with Crippen LogP contribution in [0.3, 0.4) is 0 Å². The van der Waals surface area contributed by atoms with E-state index in [9.17, 15) is 30.7 Å². The summed E-state index contributed by atoms with van der Waals surface area (Å²) in [5.74, 6) is -5.01. The van der Waals surface area contributed by atoms with Gasteiger partial charge in [-0.25, -0.2) is 17.6 Å². The first-order valence-electron chi connectivity index (χ1n) is 3.59. The van der Waals surface area contributed by atoms with Crippen LogP contribution in [0.25, 0.3) is 0 Å². The molecule has 0 aromatic rings. The van der Waals surface area contributed by atoms with Gasteiger partial charge in [-0.3, -0.25) is 0 Å². The summed E-state index contributed by atoms with van der Waals surface area (Å²) in [5, 5.41) is 0. The molecule has 0 aliphatic rings. The van der Waals surface area contributed by atoms with Crippen LogP contribution < -0.4 is 0 Å². The van der Waals surface area contributed by atoms with E-state index in [0.717, 1.165) is 0 Å². The Morgan fingerprint density at radius 1 is 1.07 bits per heavy atom. The van der Waals surface area contributed by atoms with Crippen molar-refractivity contribution < 1.29 is 35.5 Å². The molecule has 0 aliphatic carbocycles. The maximum absolute atomic E-state index is 12.5. The van der Waals surface area contributed by atoms with Gasteiger partial charge in [0, 0.05) is 0 Å². The van der Waals surface area contributed by atoms with Gasteiger partial charge in [-0.1, -0.05) is 6.58 Å². The average molecular weight is 240 g/mol. The summed E-state index contributed by atoms with van der Waals surface area (Å²) in [4.78, 5) is 0. The fourth-order valence-electron chi connectivity index (χ4n) is 0.640. The molecular formula is C7H7F7O. The van der Waals surface area contributed by atoms with Crippen LogP contribution in [0.1, 0.15) is 0 Å². The number of rotatable bonds is 6. The van der Waals surface area contributed by atoms with Crippen LogP contribution >= 0.6 is 0 Å². The largest absolute Gasteiger partial charge is 0.463 e. The molecule has 0 fully saturated rings. The van der Waals surface area contributed by atoms with Crippen LogP contribution in [0, 0.1) is 0 Å². The van der Waals surface area contributed by atoms with E-state index in [0.29, 0.717) is 0 Å². The minimum absolute atomic E-state index is 0.223. The van der Waals surface area contributed by atoms with Crippen LogP contribution in [0.2, 0.25) is 0 Å². The number of alkyl halides is 7. The van der Waals surface area contributed by atoms with E-state index in [-0.39, 0.29) is 6.26 Å². The second-order valence-corrected chi connectivity index (χ2v) is 2.47. The fraction of sp³-hybridized carbons (Fsp3) is 0.714. The monoisotopic (exact) mass is 240 g/mol. The molecule has 3 unspecified atom stereocenters. The Labute approximate surface area is 80.5 Å². The van der Waals surface area contributed by atoms with Gasteiger partial charge in [0.1, 0.15) is 0 Å². The lowest BCUT2D eigenvalue weighted by atomic mass is 10.1. The predicted molar refractivity (Wildman–Crippen MR) is 36.9 cm³/mol. The Kier molecular flexibility index (Phi) is 4.89. The zero-order valence-electron chi connectivity index (χ0n) is 7.15. The van der Waals surface area contributed by atoms with Crippen molar-refractivity contribution in [3.63, 3.8) is 0 Å². The highest BCUT2D eigenvalue weighted by molar-refractivity contribution is 4.87. The van der Waals surface area contributed by atoms with Gasteiger partial charge >= 0.3 is 12.3 Å². The van der Waals surface area contributed by atoms with E-state index in [2.05, 4.69) is 11.3 Å². The van der Waals surface area contributed by atoms with Crippen molar-refractivity contribution >= 4 is 0 Å². The molecule has 8 heteroatoms. The summed E-state index contributed by atoms with van der Waals surface area (Å²) in [6.07, 6.45) is -15.1. The van der Waals surface area contributed by atoms with E-state index in [1.807, 2.05) is 0 Å². The SMILES string of the molecule is C=COC(F)C(F)(F)C(F)C(F)C(F)F. The Morgan fingerprint density at radius 3 is 1.87 bits per heavy atom. The summed E-state index contributed by atoms with van der Waals surface area (Å²) in [6, 6.07) is 0. The predicted octanol–water partition coefficient (Wildman–Crippen LogP) is 3.02. The second-order valence-electron chi connectivity index (χ2n) is 2.47. The van der Waals surface area contributed by atoms with Crippen LogP contribution in [0.5, 0.6) is 0 Å². The highest BCUT2D eigenvalue weighted by atomic mass is 19.3. The molecule has 0 spiro atoms. The van der Waals surface area contributed by atoms with Crippen molar-refractivity contribution in [3.8, 4) is 0 Å². The number of halogens is 7. The number of hydrogen-bond donors (Lipinski definition) is 0. The van der Waals surface area contributed by atoms with Gasteiger partial charge in [0.25, 0.3) is 6.43 Å². The van der Waals surface area contributed by atoms with Crippen LogP contribution in [0.4, 0.5) is 30.7 Å². The molecule has 90 valence electrons. The Hall–Kier alpha value is -0.950. The molecule has 0 aromatic heterocycles. The summed E-state index contributed by atoms with van der Waals surface area (Å²) in [6.45, 7) is 2.69. The first-order chi connectivity index (χ1) is 6.75. The van der Waals surface area contributed by atoms with Gasteiger partial charge < -0.3 is 4.74 Å². The maximum atomic E-state index is 12.5. The van der Waals surface area contributed by atoms with Crippen molar-refractivity contribution in [2.75, 3.05) is 0 Å². The van der Waals surface area contributed by atoms with Crippen LogP contribution in [0.15, 0.2) is 12.8 Å². The van der Waals surface area contributed by atoms with Crippen molar-refractivity contribution in [2.45, 2.75) is 31.0 Å². The van der Waals surface area contributed by atoms with Gasteiger partial charge in [-0.05, 0) is 0 Å². The van der Waals surface area contributed by atoms with Gasteiger partial charge in [0.05, 0.1) is 6.26 Å². The molecule has 0 aromatic carbocycles. The summed E-state index contributed by atoms with van der Waals surface area (Å²) in [5.41, 5.74) is 0. The molecule has 0 heterocycles. The molecule has 15 heavy (non-hydrogen) atoms. The van der Waals surface area contributed by atoms with Crippen molar-refractivity contribution in [1.29, 1.82) is 0 Å². The molecule has 0 saturated carbocycles. The molecule has 0 aliphatic heterocycles. The van der Waals surface area contributed by atoms with E-state index in [1.165, 1.54) is 0 Å². The number of hydrogen-bond acceptors (Lipinski definition) is 1.